The van der Waals surface area contributed by atoms with Gasteiger partial charge in [-0.3, -0.25) is 9.13 Å². The van der Waals surface area contributed by atoms with E-state index in [0.29, 0.717) is 87.9 Å². The molecule has 3 aromatic rings. The molecule has 20 nitrogen and oxygen atoms in total. The maximum Gasteiger partial charge on any atom is 0.340 e. The van der Waals surface area contributed by atoms with Gasteiger partial charge in [0.15, 0.2) is 29.3 Å². The Bertz CT molecular complexity index is 1850. The Morgan fingerprint density at radius 3 is 2.26 bits per heavy atom. The molecule has 298 valence electrons. The van der Waals surface area contributed by atoms with Crippen molar-refractivity contribution in [2.45, 2.75) is 44.9 Å². The van der Waals surface area contributed by atoms with Crippen LogP contribution in [0.3, 0.4) is 0 Å². The number of aromatic nitrogens is 4. The summed E-state index contributed by atoms with van der Waals surface area (Å²) in [5.74, 6) is 3.10. The number of anilines is 1. The summed E-state index contributed by atoms with van der Waals surface area (Å²) in [5, 5.41) is 26.6. The van der Waals surface area contributed by atoms with Gasteiger partial charge in [0.2, 0.25) is 6.79 Å². The minimum atomic E-state index is -4.88. The van der Waals surface area contributed by atoms with Crippen molar-refractivity contribution >= 4 is 32.0 Å². The highest BCUT2D eigenvalue weighted by atomic mass is 31.2. The van der Waals surface area contributed by atoms with Gasteiger partial charge >= 0.3 is 15.2 Å². The topological polar surface area (TPSA) is 256 Å². The van der Waals surface area contributed by atoms with Crippen LogP contribution in [-0.2, 0) is 43.9 Å². The van der Waals surface area contributed by atoms with Crippen LogP contribution < -0.4 is 14.4 Å². The van der Waals surface area contributed by atoms with Crippen LogP contribution in [0.4, 0.5) is 5.82 Å². The van der Waals surface area contributed by atoms with Crippen LogP contribution in [0, 0.1) is 26.2 Å². The highest BCUT2D eigenvalue weighted by Gasteiger charge is 2.46. The predicted octanol–water partition coefficient (Wildman–Crippen LogP) is 0.834. The summed E-state index contributed by atoms with van der Waals surface area (Å²) in [5.41, 5.74) is 2.15. The van der Waals surface area contributed by atoms with E-state index in [2.05, 4.69) is 16.0 Å². The van der Waals surface area contributed by atoms with E-state index in [1.807, 2.05) is 24.0 Å². The summed E-state index contributed by atoms with van der Waals surface area (Å²) >= 11 is 0. The Balaban J connectivity index is 1.28. The number of rotatable bonds is 22. The first-order valence-corrected chi connectivity index (χ1v) is 20.4. The van der Waals surface area contributed by atoms with Crippen LogP contribution in [0.15, 0.2) is 18.3 Å². The highest BCUT2D eigenvalue weighted by molar-refractivity contribution is 7.70. The molecule has 0 radical (unpaired) electrons. The lowest BCUT2D eigenvalue weighted by Crippen LogP contribution is -2.34. The Morgan fingerprint density at radius 2 is 1.59 bits per heavy atom. The first-order chi connectivity index (χ1) is 25.8. The van der Waals surface area contributed by atoms with Crippen molar-refractivity contribution in [3.8, 4) is 23.8 Å². The maximum absolute atomic E-state index is 12.2. The third-order valence-electron chi connectivity index (χ3n) is 8.23. The zero-order valence-electron chi connectivity index (χ0n) is 29.8. The molecule has 2 aliphatic rings. The number of aliphatic hydroxyl groups excluding tert-OH is 2. The molecule has 54 heavy (non-hydrogen) atoms. The Labute approximate surface area is 310 Å². The Kier molecular flexibility index (Phi) is 14.8. The predicted molar refractivity (Wildman–Crippen MR) is 189 cm³/mol. The lowest BCUT2D eigenvalue weighted by atomic mass is 10.1. The molecule has 5 N–H and O–H groups in total. The summed E-state index contributed by atoms with van der Waals surface area (Å²) < 4.78 is 68.6. The van der Waals surface area contributed by atoms with Gasteiger partial charge in [-0.2, -0.15) is 5.10 Å². The molecule has 22 heteroatoms. The number of benzene rings is 1. The molecule has 1 unspecified atom stereocenters. The number of aliphatic hydroxyl groups is 2. The molecular formula is C32H45N5O15P2. The molecule has 5 rings (SSSR count). The number of hydrogen-bond donors (Lipinski definition) is 5. The average Bonchev–Trinajstić information content (AvgIpc) is 3.81. The van der Waals surface area contributed by atoms with Crippen molar-refractivity contribution in [1.29, 1.82) is 0 Å². The van der Waals surface area contributed by atoms with Gasteiger partial charge in [-0.15, -0.1) is 6.42 Å². The molecule has 1 aromatic carbocycles. The molecule has 5 atom stereocenters. The zero-order valence-corrected chi connectivity index (χ0v) is 31.5. The van der Waals surface area contributed by atoms with E-state index in [1.54, 1.807) is 6.92 Å². The quantitative estimate of drug-likeness (QED) is 0.0536. The standard InChI is InChI=1S/C32H45N5O15P2/c1-4-6-45-8-10-47-12-13-48-11-9-46-7-5-36(17-23-15-26-25(14-21(23)2)49-19-50-26)30-24-16-33-37(31(24)35-22(3)34-30)32-29(39)28(38)27(52-32)18-51-54(43,44)20-53(40,41)42/h1,14-16,27-29,32,38-39H,5-13,17-20H2,2-3H3,(H,43,44)(H2,40,41,42)/t27-,28-,29-,32-/m1/s1. The third kappa shape index (κ3) is 11.4. The fourth-order valence-corrected chi connectivity index (χ4v) is 8.23. The van der Waals surface area contributed by atoms with E-state index in [4.69, 9.17) is 58.9 Å². The van der Waals surface area contributed by atoms with Gasteiger partial charge in [-0.05, 0) is 37.1 Å². The summed E-state index contributed by atoms with van der Waals surface area (Å²) in [6.45, 7) is 6.60. The number of hydrogen-bond acceptors (Lipinski definition) is 16. The van der Waals surface area contributed by atoms with Crippen LogP contribution in [0.2, 0.25) is 0 Å². The van der Waals surface area contributed by atoms with E-state index >= 15 is 0 Å². The second-order valence-corrected chi connectivity index (χ2v) is 16.3. The lowest BCUT2D eigenvalue weighted by Gasteiger charge is -2.26. The van der Waals surface area contributed by atoms with Crippen molar-refractivity contribution in [3.63, 3.8) is 0 Å². The van der Waals surface area contributed by atoms with E-state index < -0.39 is 52.2 Å². The van der Waals surface area contributed by atoms with Gasteiger partial charge in [0.25, 0.3) is 0 Å². The fraction of sp³-hybridized carbons (Fsp3) is 0.594. The number of nitrogens with zero attached hydrogens (tertiary/aromatic N) is 5. The third-order valence-corrected chi connectivity index (χ3v) is 11.7. The van der Waals surface area contributed by atoms with Gasteiger partial charge in [0.1, 0.15) is 36.6 Å². The van der Waals surface area contributed by atoms with Gasteiger partial charge in [-0.25, -0.2) is 14.6 Å². The minimum Gasteiger partial charge on any atom is -0.454 e. The van der Waals surface area contributed by atoms with Crippen molar-refractivity contribution in [1.82, 2.24) is 19.7 Å². The summed E-state index contributed by atoms with van der Waals surface area (Å²) in [6.07, 6.45) is 0.788. The molecule has 1 saturated heterocycles. The maximum atomic E-state index is 12.2. The monoisotopic (exact) mass is 801 g/mol. The first-order valence-electron chi connectivity index (χ1n) is 16.9. The highest BCUT2D eigenvalue weighted by Crippen LogP contribution is 2.55. The molecule has 0 saturated carbocycles. The number of aryl methyl sites for hydroxylation is 2. The van der Waals surface area contributed by atoms with E-state index in [-0.39, 0.29) is 19.0 Å². The molecule has 0 bridgehead atoms. The Hall–Kier alpha value is -3.25. The fourth-order valence-electron chi connectivity index (χ4n) is 5.66. The van der Waals surface area contributed by atoms with Gasteiger partial charge < -0.3 is 67.5 Å². The van der Waals surface area contributed by atoms with Crippen molar-refractivity contribution in [2.24, 2.45) is 0 Å². The smallest absolute Gasteiger partial charge is 0.340 e. The molecular weight excluding hydrogens is 756 g/mol. The van der Waals surface area contributed by atoms with E-state index in [9.17, 15) is 24.2 Å². The summed E-state index contributed by atoms with van der Waals surface area (Å²) in [4.78, 5) is 39.3. The molecule has 1 fully saturated rings. The minimum absolute atomic E-state index is 0.124. The molecule has 0 spiro atoms. The SMILES string of the molecule is C#CCOCCOCCOCCOCCN(Cc1cc2c(cc1C)OCO2)c1nc(C)nc2c1cnn2[C@@H]1O[C@H](COP(=O)(O)CP(=O)(O)O)[C@@H](O)[C@H]1O. The molecule has 4 heterocycles. The largest absolute Gasteiger partial charge is 0.454 e. The molecule has 2 aliphatic heterocycles. The number of ether oxygens (including phenoxy) is 7. The van der Waals surface area contributed by atoms with Crippen LogP contribution in [0.25, 0.3) is 11.0 Å². The van der Waals surface area contributed by atoms with Crippen LogP contribution in [0.5, 0.6) is 11.5 Å². The van der Waals surface area contributed by atoms with E-state index in [1.165, 1.54) is 10.9 Å². The van der Waals surface area contributed by atoms with Crippen molar-refractivity contribution < 1.29 is 71.7 Å². The van der Waals surface area contributed by atoms with Gasteiger partial charge in [-0.1, -0.05) is 5.92 Å². The lowest BCUT2D eigenvalue weighted by molar-refractivity contribution is -0.0541. The number of fused-ring (bicyclic) bond motifs is 2. The summed E-state index contributed by atoms with van der Waals surface area (Å²) in [7, 11) is -9.63. The normalized spacial score (nSPS) is 20.7. The molecule has 0 aliphatic carbocycles. The van der Waals surface area contributed by atoms with E-state index in [0.717, 1.165) is 11.1 Å². The van der Waals surface area contributed by atoms with Crippen LogP contribution >= 0.6 is 15.2 Å². The second-order valence-electron chi connectivity index (χ2n) is 12.4. The Morgan fingerprint density at radius 1 is 0.944 bits per heavy atom. The molecule has 2 aromatic heterocycles. The van der Waals surface area contributed by atoms with Crippen molar-refractivity contribution in [3.05, 3.63) is 35.3 Å². The van der Waals surface area contributed by atoms with Gasteiger partial charge in [0.05, 0.1) is 64.4 Å². The molecule has 0 amide bonds. The summed E-state index contributed by atoms with van der Waals surface area (Å²) in [6, 6.07) is 3.82. The van der Waals surface area contributed by atoms with Crippen LogP contribution in [-0.4, -0.2) is 142 Å². The average molecular weight is 802 g/mol. The van der Waals surface area contributed by atoms with Gasteiger partial charge in [0, 0.05) is 13.1 Å². The zero-order chi connectivity index (χ0) is 38.9. The first kappa shape index (κ1) is 41.9. The van der Waals surface area contributed by atoms with Crippen molar-refractivity contribution in [2.75, 3.05) is 83.6 Å². The number of terminal acetylenes is 1. The second kappa shape index (κ2) is 19.1. The van der Waals surface area contributed by atoms with Crippen LogP contribution in [0.1, 0.15) is 23.2 Å².